The fourth-order valence-electron chi connectivity index (χ4n) is 1.16. The van der Waals surface area contributed by atoms with E-state index in [4.69, 9.17) is 23.2 Å². The van der Waals surface area contributed by atoms with Crippen molar-refractivity contribution >= 4 is 34.7 Å². The number of hydrogen-bond donors (Lipinski definition) is 0. The molecule has 0 fully saturated rings. The predicted octanol–water partition coefficient (Wildman–Crippen LogP) is 2.98. The molecule has 1 aromatic carbocycles. The van der Waals surface area contributed by atoms with Gasteiger partial charge in [0.1, 0.15) is 0 Å². The molecule has 1 rings (SSSR count). The molecule has 0 aromatic heterocycles. The van der Waals surface area contributed by atoms with Crippen molar-refractivity contribution in [3.05, 3.63) is 38.4 Å². The molecule has 0 unspecified atom stereocenters. The molecule has 15 heavy (non-hydrogen) atoms. The van der Waals surface area contributed by atoms with Gasteiger partial charge in [-0.1, -0.05) is 11.6 Å². The van der Waals surface area contributed by atoms with Crippen molar-refractivity contribution in [2.75, 3.05) is 5.88 Å². The van der Waals surface area contributed by atoms with Gasteiger partial charge in [0.2, 0.25) is 0 Å². The van der Waals surface area contributed by atoms with Crippen LogP contribution in [0.1, 0.15) is 15.9 Å². The third kappa shape index (κ3) is 2.27. The molecule has 0 heterocycles. The maximum absolute atomic E-state index is 11.3. The van der Waals surface area contributed by atoms with Gasteiger partial charge in [-0.3, -0.25) is 14.9 Å². The lowest BCUT2D eigenvalue weighted by atomic mass is 10.1. The molecule has 80 valence electrons. The van der Waals surface area contributed by atoms with Crippen LogP contribution in [0, 0.1) is 17.0 Å². The van der Waals surface area contributed by atoms with Crippen LogP contribution >= 0.6 is 23.2 Å². The lowest BCUT2D eigenvalue weighted by molar-refractivity contribution is -0.385. The van der Waals surface area contributed by atoms with E-state index in [2.05, 4.69) is 0 Å². The van der Waals surface area contributed by atoms with Crippen molar-refractivity contribution < 1.29 is 9.72 Å². The molecule has 0 aliphatic heterocycles. The molecule has 0 saturated carbocycles. The molecule has 6 heteroatoms. The number of rotatable bonds is 3. The zero-order valence-corrected chi connectivity index (χ0v) is 9.30. The Morgan fingerprint density at radius 3 is 2.60 bits per heavy atom. The largest absolute Gasteiger partial charge is 0.293 e. The molecule has 0 atom stereocenters. The van der Waals surface area contributed by atoms with Crippen molar-refractivity contribution in [2.45, 2.75) is 6.92 Å². The number of ketones is 1. The minimum Gasteiger partial charge on any atom is -0.293 e. The molecule has 0 N–H and O–H groups in total. The standard InChI is InChI=1S/C9H7Cl2NO3/c1-5-7(12(14)15)3-2-6(9(5)11)8(13)4-10/h2-3H,4H2,1H3. The summed E-state index contributed by atoms with van der Waals surface area (Å²) in [4.78, 5) is 21.3. The van der Waals surface area contributed by atoms with Crippen LogP contribution in [0.15, 0.2) is 12.1 Å². The van der Waals surface area contributed by atoms with Crippen LogP contribution in [0.25, 0.3) is 0 Å². The molecule has 0 spiro atoms. The first-order valence-corrected chi connectivity index (χ1v) is 4.93. The summed E-state index contributed by atoms with van der Waals surface area (Å²) in [5.74, 6) is -0.545. The molecule has 0 aliphatic rings. The van der Waals surface area contributed by atoms with E-state index in [1.807, 2.05) is 0 Å². The summed E-state index contributed by atoms with van der Waals surface area (Å²) in [6.07, 6.45) is 0. The van der Waals surface area contributed by atoms with E-state index in [9.17, 15) is 14.9 Å². The van der Waals surface area contributed by atoms with Crippen LogP contribution in [0.5, 0.6) is 0 Å². The highest BCUT2D eigenvalue weighted by molar-refractivity contribution is 6.38. The van der Waals surface area contributed by atoms with E-state index in [1.54, 1.807) is 0 Å². The topological polar surface area (TPSA) is 60.2 Å². The number of alkyl halides is 1. The quantitative estimate of drug-likeness (QED) is 0.357. The van der Waals surface area contributed by atoms with E-state index in [0.29, 0.717) is 0 Å². The summed E-state index contributed by atoms with van der Waals surface area (Å²) in [6, 6.07) is 2.57. The highest BCUT2D eigenvalue weighted by Crippen LogP contribution is 2.29. The average molecular weight is 248 g/mol. The SMILES string of the molecule is Cc1c([N+](=O)[O-])ccc(C(=O)CCl)c1Cl. The number of halogens is 2. The van der Waals surface area contributed by atoms with Crippen molar-refractivity contribution in [1.29, 1.82) is 0 Å². The Kier molecular flexibility index (Phi) is 3.66. The fourth-order valence-corrected chi connectivity index (χ4v) is 1.57. The Hall–Kier alpha value is -1.13. The van der Waals surface area contributed by atoms with E-state index in [1.165, 1.54) is 19.1 Å². The zero-order chi connectivity index (χ0) is 11.6. The summed E-state index contributed by atoms with van der Waals surface area (Å²) >= 11 is 11.2. The van der Waals surface area contributed by atoms with Gasteiger partial charge in [0.05, 0.1) is 15.8 Å². The van der Waals surface area contributed by atoms with E-state index in [-0.39, 0.29) is 33.5 Å². The van der Waals surface area contributed by atoms with Crippen molar-refractivity contribution in [1.82, 2.24) is 0 Å². The van der Waals surface area contributed by atoms with Gasteiger partial charge in [-0.25, -0.2) is 0 Å². The zero-order valence-electron chi connectivity index (χ0n) is 7.79. The van der Waals surface area contributed by atoms with Gasteiger partial charge in [-0.2, -0.15) is 0 Å². The van der Waals surface area contributed by atoms with Gasteiger partial charge in [0.25, 0.3) is 5.69 Å². The van der Waals surface area contributed by atoms with Crippen LogP contribution in [0.4, 0.5) is 5.69 Å². The second kappa shape index (κ2) is 4.59. The normalized spacial score (nSPS) is 10.1. The Morgan fingerprint density at radius 2 is 2.13 bits per heavy atom. The van der Waals surface area contributed by atoms with Crippen molar-refractivity contribution in [3.8, 4) is 0 Å². The Labute approximate surface area is 95.9 Å². The summed E-state index contributed by atoms with van der Waals surface area (Å²) in [7, 11) is 0. The van der Waals surface area contributed by atoms with Crippen LogP contribution in [-0.2, 0) is 0 Å². The average Bonchev–Trinajstić information content (AvgIpc) is 2.20. The maximum atomic E-state index is 11.3. The highest BCUT2D eigenvalue weighted by Gasteiger charge is 2.18. The second-order valence-corrected chi connectivity index (χ2v) is 3.53. The number of Topliss-reactive ketones (excluding diaryl/α,β-unsaturated/α-hetero) is 1. The molecular weight excluding hydrogens is 241 g/mol. The summed E-state index contributed by atoms with van der Waals surface area (Å²) in [6.45, 7) is 1.49. The van der Waals surface area contributed by atoms with Crippen LogP contribution in [0.2, 0.25) is 5.02 Å². The van der Waals surface area contributed by atoms with Crippen LogP contribution < -0.4 is 0 Å². The van der Waals surface area contributed by atoms with E-state index in [0.717, 1.165) is 0 Å². The van der Waals surface area contributed by atoms with Crippen LogP contribution in [0.3, 0.4) is 0 Å². The maximum Gasteiger partial charge on any atom is 0.273 e. The number of benzene rings is 1. The van der Waals surface area contributed by atoms with Crippen molar-refractivity contribution in [3.63, 3.8) is 0 Å². The van der Waals surface area contributed by atoms with Gasteiger partial charge < -0.3 is 0 Å². The molecule has 1 aromatic rings. The molecular formula is C9H7Cl2NO3. The van der Waals surface area contributed by atoms with Gasteiger partial charge in [-0.05, 0) is 13.0 Å². The van der Waals surface area contributed by atoms with Crippen molar-refractivity contribution in [2.24, 2.45) is 0 Å². The van der Waals surface area contributed by atoms with Crippen LogP contribution in [-0.4, -0.2) is 16.6 Å². The first-order chi connectivity index (χ1) is 6.99. The predicted molar refractivity (Wildman–Crippen MR) is 57.9 cm³/mol. The molecule has 0 radical (unpaired) electrons. The first-order valence-electron chi connectivity index (χ1n) is 4.01. The summed E-state index contributed by atoms with van der Waals surface area (Å²) in [5, 5.41) is 10.7. The number of nitro benzene ring substituents is 1. The molecule has 4 nitrogen and oxygen atoms in total. The Balaban J connectivity index is 3.33. The highest BCUT2D eigenvalue weighted by atomic mass is 35.5. The smallest absolute Gasteiger partial charge is 0.273 e. The third-order valence-corrected chi connectivity index (χ3v) is 2.71. The summed E-state index contributed by atoms with van der Waals surface area (Å²) < 4.78 is 0. The lowest BCUT2D eigenvalue weighted by Crippen LogP contribution is -2.03. The monoisotopic (exact) mass is 247 g/mol. The lowest BCUT2D eigenvalue weighted by Gasteiger charge is -2.04. The van der Waals surface area contributed by atoms with Gasteiger partial charge in [0.15, 0.2) is 5.78 Å². The molecule has 0 amide bonds. The first kappa shape index (κ1) is 11.9. The van der Waals surface area contributed by atoms with Gasteiger partial charge in [-0.15, -0.1) is 11.6 Å². The minimum absolute atomic E-state index is 0.0925. The molecule has 0 saturated heterocycles. The second-order valence-electron chi connectivity index (χ2n) is 2.89. The number of carbonyl (C=O) groups is 1. The van der Waals surface area contributed by atoms with E-state index >= 15 is 0 Å². The Morgan fingerprint density at radius 1 is 1.53 bits per heavy atom. The molecule has 0 aliphatic carbocycles. The number of carbonyl (C=O) groups excluding carboxylic acids is 1. The Bertz CT molecular complexity index is 432. The third-order valence-electron chi connectivity index (χ3n) is 1.98. The van der Waals surface area contributed by atoms with Gasteiger partial charge in [0, 0.05) is 17.2 Å². The summed E-state index contributed by atoms with van der Waals surface area (Å²) in [5.41, 5.74) is 0.388. The van der Waals surface area contributed by atoms with E-state index < -0.39 is 4.92 Å². The number of hydrogen-bond acceptors (Lipinski definition) is 3. The molecule has 0 bridgehead atoms. The number of nitro groups is 1. The minimum atomic E-state index is -0.545. The fraction of sp³-hybridized carbons (Fsp3) is 0.222. The number of nitrogens with zero attached hydrogens (tertiary/aromatic N) is 1. The van der Waals surface area contributed by atoms with Gasteiger partial charge >= 0.3 is 0 Å².